The summed E-state index contributed by atoms with van der Waals surface area (Å²) in [7, 11) is 0. The number of primary amides is 1. The van der Waals surface area contributed by atoms with E-state index >= 15 is 0 Å². The van der Waals surface area contributed by atoms with Crippen LogP contribution in [-0.2, 0) is 28.9 Å². The lowest BCUT2D eigenvalue weighted by molar-refractivity contribution is -0.119. The maximum atomic E-state index is 12.3. The maximum Gasteiger partial charge on any atom is 0.338 e. The number of amides is 4. The highest BCUT2D eigenvalue weighted by Gasteiger charge is 2.25. The van der Waals surface area contributed by atoms with Crippen LogP contribution in [0.1, 0.15) is 63.4 Å². The number of esters is 1. The van der Waals surface area contributed by atoms with Crippen LogP contribution in [0.4, 0.5) is 9.80 Å². The van der Waals surface area contributed by atoms with Gasteiger partial charge in [-0.15, -0.1) is 11.3 Å². The molecule has 0 saturated heterocycles. The first-order valence-electron chi connectivity index (χ1n) is 10.8. The molecule has 0 bridgehead atoms. The average Bonchev–Trinajstić information content (AvgIpc) is 3.14. The summed E-state index contributed by atoms with van der Waals surface area (Å²) in [6.45, 7) is 3.55. The summed E-state index contributed by atoms with van der Waals surface area (Å²) in [5.41, 5.74) is 7.90. The second kappa shape index (κ2) is 11.0. The molecule has 1 aromatic heterocycles. The molecule has 0 unspecified atom stereocenters. The minimum Gasteiger partial charge on any atom is -0.452 e. The van der Waals surface area contributed by atoms with Gasteiger partial charge in [0.25, 0.3) is 11.8 Å². The third-order valence-electron chi connectivity index (χ3n) is 5.07. The number of carbonyl (C=O) groups is 4. The monoisotopic (exact) mass is 472 g/mol. The van der Waals surface area contributed by atoms with E-state index in [0.29, 0.717) is 17.1 Å². The Kier molecular flexibility index (Phi) is 8.05. The minimum absolute atomic E-state index is 0.0342. The largest absolute Gasteiger partial charge is 0.452 e. The van der Waals surface area contributed by atoms with Crippen LogP contribution in [0.5, 0.6) is 0 Å². The third kappa shape index (κ3) is 6.55. The van der Waals surface area contributed by atoms with Crippen LogP contribution < -0.4 is 21.7 Å². The van der Waals surface area contributed by atoms with Gasteiger partial charge in [-0.2, -0.15) is 0 Å². The molecule has 10 heteroatoms. The molecule has 0 aliphatic heterocycles. The lowest BCUT2D eigenvalue weighted by atomic mass is 9.95. The Morgan fingerprint density at radius 2 is 1.79 bits per heavy atom. The van der Waals surface area contributed by atoms with Gasteiger partial charge in [-0.25, -0.2) is 9.59 Å². The first kappa shape index (κ1) is 24.2. The highest BCUT2D eigenvalue weighted by Crippen LogP contribution is 2.37. The quantitative estimate of drug-likeness (QED) is 0.438. The smallest absolute Gasteiger partial charge is 0.338 e. The van der Waals surface area contributed by atoms with Gasteiger partial charge in [0.15, 0.2) is 6.61 Å². The van der Waals surface area contributed by atoms with E-state index in [2.05, 4.69) is 16.0 Å². The van der Waals surface area contributed by atoms with Crippen molar-refractivity contribution in [3.8, 4) is 0 Å². The summed E-state index contributed by atoms with van der Waals surface area (Å²) in [6.07, 6.45) is 3.65. The Hall–Kier alpha value is -3.40. The summed E-state index contributed by atoms with van der Waals surface area (Å²) in [5, 5.41) is 8.52. The van der Waals surface area contributed by atoms with Crippen molar-refractivity contribution in [1.29, 1.82) is 0 Å². The Balaban J connectivity index is 1.52. The number of aryl methyl sites for hydroxylation is 1. The highest BCUT2D eigenvalue weighted by molar-refractivity contribution is 7.17. The van der Waals surface area contributed by atoms with E-state index in [9.17, 15) is 19.2 Å². The van der Waals surface area contributed by atoms with Gasteiger partial charge in [0.2, 0.25) is 0 Å². The topological polar surface area (TPSA) is 140 Å². The summed E-state index contributed by atoms with van der Waals surface area (Å²) >= 11 is 1.35. The number of nitrogens with two attached hydrogens (primary N) is 1. The second-order valence-electron chi connectivity index (χ2n) is 8.08. The van der Waals surface area contributed by atoms with Crippen LogP contribution in [0, 0.1) is 0 Å². The fourth-order valence-corrected chi connectivity index (χ4v) is 4.86. The standard InChI is InChI=1S/C23H28N4O5S/c1-13(2)26-23(31)25-11-14-7-9-15(10-8-14)22(30)32-12-18(28)27-21-19(20(24)29)16-5-3-4-6-17(16)33-21/h7-10,13H,3-6,11-12H2,1-2H3,(H2,24,29)(H,27,28)(H2,25,26,31). The number of carbonyl (C=O) groups excluding carboxylic acids is 4. The fourth-order valence-electron chi connectivity index (χ4n) is 3.55. The molecule has 33 heavy (non-hydrogen) atoms. The molecule has 0 fully saturated rings. The predicted octanol–water partition coefficient (Wildman–Crippen LogP) is 2.73. The van der Waals surface area contributed by atoms with E-state index in [0.717, 1.165) is 41.7 Å². The van der Waals surface area contributed by atoms with Crippen molar-refractivity contribution in [2.75, 3.05) is 11.9 Å². The van der Waals surface area contributed by atoms with Crippen LogP contribution in [0.3, 0.4) is 0 Å². The lowest BCUT2D eigenvalue weighted by Gasteiger charge is -2.11. The molecule has 176 valence electrons. The van der Waals surface area contributed by atoms with Crippen LogP contribution in [0.25, 0.3) is 0 Å². The van der Waals surface area contributed by atoms with Crippen LogP contribution >= 0.6 is 11.3 Å². The molecule has 0 saturated carbocycles. The first-order chi connectivity index (χ1) is 15.7. The molecule has 9 nitrogen and oxygen atoms in total. The van der Waals surface area contributed by atoms with Gasteiger partial charge in [-0.3, -0.25) is 9.59 Å². The van der Waals surface area contributed by atoms with Crippen LogP contribution in [0.2, 0.25) is 0 Å². The summed E-state index contributed by atoms with van der Waals surface area (Å²) < 4.78 is 5.10. The van der Waals surface area contributed by atoms with Gasteiger partial charge >= 0.3 is 12.0 Å². The minimum atomic E-state index is -0.650. The van der Waals surface area contributed by atoms with E-state index in [-0.39, 0.29) is 17.6 Å². The zero-order valence-electron chi connectivity index (χ0n) is 18.7. The molecule has 3 rings (SSSR count). The van der Waals surface area contributed by atoms with Gasteiger partial charge < -0.3 is 26.4 Å². The first-order valence-corrected chi connectivity index (χ1v) is 11.6. The number of nitrogens with one attached hydrogen (secondary N) is 3. The number of anilines is 1. The maximum absolute atomic E-state index is 12.3. The number of urea groups is 1. The van der Waals surface area contributed by atoms with Crippen molar-refractivity contribution in [1.82, 2.24) is 10.6 Å². The molecule has 1 aromatic carbocycles. The molecular weight excluding hydrogens is 444 g/mol. The summed E-state index contributed by atoms with van der Waals surface area (Å²) in [5.74, 6) is -1.76. The molecule has 1 aliphatic rings. The zero-order chi connectivity index (χ0) is 24.0. The van der Waals surface area contributed by atoms with Gasteiger partial charge in [-0.05, 0) is 62.8 Å². The summed E-state index contributed by atoms with van der Waals surface area (Å²) in [6, 6.07) is 6.28. The molecule has 0 spiro atoms. The van der Waals surface area contributed by atoms with Crippen molar-refractivity contribution < 1.29 is 23.9 Å². The van der Waals surface area contributed by atoms with Crippen molar-refractivity contribution >= 4 is 40.2 Å². The number of benzene rings is 1. The molecule has 1 aliphatic carbocycles. The summed E-state index contributed by atoms with van der Waals surface area (Å²) in [4.78, 5) is 49.2. The van der Waals surface area contributed by atoms with Crippen molar-refractivity contribution in [2.45, 2.75) is 52.1 Å². The van der Waals surface area contributed by atoms with E-state index in [4.69, 9.17) is 10.5 Å². The van der Waals surface area contributed by atoms with Crippen molar-refractivity contribution in [3.63, 3.8) is 0 Å². The molecule has 0 atom stereocenters. The number of rotatable bonds is 8. The fraction of sp³-hybridized carbons (Fsp3) is 0.391. The van der Waals surface area contributed by atoms with E-state index < -0.39 is 24.4 Å². The highest BCUT2D eigenvalue weighted by atomic mass is 32.1. The van der Waals surface area contributed by atoms with Gasteiger partial charge in [0.05, 0.1) is 11.1 Å². The van der Waals surface area contributed by atoms with E-state index in [1.807, 2.05) is 13.8 Å². The predicted molar refractivity (Wildman–Crippen MR) is 125 cm³/mol. The van der Waals surface area contributed by atoms with Crippen LogP contribution in [-0.4, -0.2) is 36.5 Å². The Morgan fingerprint density at radius 1 is 1.09 bits per heavy atom. The number of ether oxygens (including phenoxy) is 1. The third-order valence-corrected chi connectivity index (χ3v) is 6.27. The SMILES string of the molecule is CC(C)NC(=O)NCc1ccc(C(=O)OCC(=O)Nc2sc3c(c2C(N)=O)CCCC3)cc1. The molecule has 4 amide bonds. The number of hydrogen-bond donors (Lipinski definition) is 4. The molecule has 5 N–H and O–H groups in total. The molecule has 0 radical (unpaired) electrons. The van der Waals surface area contributed by atoms with Gasteiger partial charge in [0, 0.05) is 17.5 Å². The molecular formula is C23H28N4O5S. The normalized spacial score (nSPS) is 12.6. The second-order valence-corrected chi connectivity index (χ2v) is 9.19. The van der Waals surface area contributed by atoms with Gasteiger partial charge in [-0.1, -0.05) is 12.1 Å². The number of fused-ring (bicyclic) bond motifs is 1. The van der Waals surface area contributed by atoms with Crippen LogP contribution in [0.15, 0.2) is 24.3 Å². The Bertz CT molecular complexity index is 1050. The van der Waals surface area contributed by atoms with Crippen molar-refractivity contribution in [2.24, 2.45) is 5.73 Å². The Labute approximate surface area is 196 Å². The van der Waals surface area contributed by atoms with Gasteiger partial charge in [0.1, 0.15) is 5.00 Å². The van der Waals surface area contributed by atoms with E-state index in [1.54, 1.807) is 24.3 Å². The average molecular weight is 473 g/mol. The molecule has 2 aromatic rings. The zero-order valence-corrected chi connectivity index (χ0v) is 19.5. The van der Waals surface area contributed by atoms with E-state index in [1.165, 1.54) is 11.3 Å². The van der Waals surface area contributed by atoms with Crippen molar-refractivity contribution in [3.05, 3.63) is 51.4 Å². The number of thiophene rings is 1. The molecule has 1 heterocycles. The Morgan fingerprint density at radius 3 is 2.45 bits per heavy atom. The number of hydrogen-bond acceptors (Lipinski definition) is 6. The lowest BCUT2D eigenvalue weighted by Crippen LogP contribution is -2.39.